The molecule has 1 aliphatic carbocycles. The minimum absolute atomic E-state index is 0.0841. The van der Waals surface area contributed by atoms with Crippen LogP contribution in [0, 0.1) is 19.3 Å². The van der Waals surface area contributed by atoms with Gasteiger partial charge in [-0.2, -0.15) is 0 Å². The van der Waals surface area contributed by atoms with Crippen LogP contribution in [-0.2, 0) is 0 Å². The molecule has 0 spiro atoms. The molecule has 5 nitrogen and oxygen atoms in total. The highest BCUT2D eigenvalue weighted by Gasteiger charge is 2.33. The molecule has 3 N–H and O–H groups in total. The molecule has 2 rings (SSSR count). The third-order valence-corrected chi connectivity index (χ3v) is 5.17. The number of carbonyl (C=O) groups is 1. The van der Waals surface area contributed by atoms with Crippen molar-refractivity contribution in [1.82, 2.24) is 10.3 Å². The van der Waals surface area contributed by atoms with E-state index in [0.29, 0.717) is 11.7 Å². The van der Waals surface area contributed by atoms with Crippen LogP contribution >= 0.6 is 11.3 Å². The largest absolute Gasteiger partial charge is 0.396 e. The molecule has 0 unspecified atom stereocenters. The van der Waals surface area contributed by atoms with Gasteiger partial charge in [0.05, 0.1) is 5.69 Å². The highest BCUT2D eigenvalue weighted by Crippen LogP contribution is 2.40. The number of urea groups is 1. The fourth-order valence-electron chi connectivity index (χ4n) is 2.81. The molecule has 1 fully saturated rings. The average Bonchev–Trinajstić information content (AvgIpc) is 2.97. The maximum absolute atomic E-state index is 11.9. The second-order valence-electron chi connectivity index (χ2n) is 5.65. The topological polar surface area (TPSA) is 74.2 Å². The Morgan fingerprint density at radius 2 is 2.10 bits per heavy atom. The maximum atomic E-state index is 11.9. The minimum atomic E-state index is -0.206. The van der Waals surface area contributed by atoms with Crippen LogP contribution in [0.2, 0.25) is 0 Å². The van der Waals surface area contributed by atoms with Crippen molar-refractivity contribution in [3.63, 3.8) is 0 Å². The van der Waals surface area contributed by atoms with Crippen LogP contribution in [0.25, 0.3) is 0 Å². The molecule has 0 aliphatic heterocycles. The highest BCUT2D eigenvalue weighted by molar-refractivity contribution is 7.15. The van der Waals surface area contributed by atoms with Crippen molar-refractivity contribution >= 4 is 22.5 Å². The molecule has 1 heterocycles. The van der Waals surface area contributed by atoms with Gasteiger partial charge in [-0.3, -0.25) is 5.32 Å². The van der Waals surface area contributed by atoms with E-state index in [1.54, 1.807) is 0 Å². The maximum Gasteiger partial charge on any atom is 0.321 e. The number of thiazole rings is 1. The van der Waals surface area contributed by atoms with Gasteiger partial charge in [-0.1, -0.05) is 12.8 Å². The Morgan fingerprint density at radius 3 is 2.65 bits per heavy atom. The van der Waals surface area contributed by atoms with Crippen LogP contribution in [-0.4, -0.2) is 29.3 Å². The summed E-state index contributed by atoms with van der Waals surface area (Å²) in [5, 5.41) is 15.5. The first-order valence-corrected chi connectivity index (χ1v) is 7.96. The van der Waals surface area contributed by atoms with Crippen LogP contribution in [0.3, 0.4) is 0 Å². The summed E-state index contributed by atoms with van der Waals surface area (Å²) >= 11 is 1.49. The van der Waals surface area contributed by atoms with Gasteiger partial charge in [0.15, 0.2) is 5.13 Å². The van der Waals surface area contributed by atoms with Gasteiger partial charge < -0.3 is 10.4 Å². The van der Waals surface area contributed by atoms with Crippen molar-refractivity contribution in [3.8, 4) is 0 Å². The molecule has 0 atom stereocenters. The normalized spacial score (nSPS) is 17.1. The lowest BCUT2D eigenvalue weighted by molar-refractivity contribution is 0.180. The summed E-state index contributed by atoms with van der Waals surface area (Å²) in [5.74, 6) is 0. The Morgan fingerprint density at radius 1 is 1.40 bits per heavy atom. The van der Waals surface area contributed by atoms with Gasteiger partial charge in [0, 0.05) is 18.0 Å². The van der Waals surface area contributed by atoms with E-state index >= 15 is 0 Å². The molecule has 1 aromatic rings. The number of hydrogen-bond acceptors (Lipinski definition) is 4. The van der Waals surface area contributed by atoms with Gasteiger partial charge in [-0.15, -0.1) is 11.3 Å². The van der Waals surface area contributed by atoms with E-state index in [-0.39, 0.29) is 18.1 Å². The number of aliphatic hydroxyl groups excluding tert-OH is 1. The molecule has 1 aromatic heterocycles. The van der Waals surface area contributed by atoms with Crippen LogP contribution in [0.15, 0.2) is 0 Å². The van der Waals surface area contributed by atoms with E-state index in [4.69, 9.17) is 0 Å². The Hall–Kier alpha value is -1.14. The van der Waals surface area contributed by atoms with Gasteiger partial charge in [0.2, 0.25) is 0 Å². The van der Waals surface area contributed by atoms with Crippen molar-refractivity contribution in [3.05, 3.63) is 10.6 Å². The lowest BCUT2D eigenvalue weighted by Gasteiger charge is -2.28. The SMILES string of the molecule is Cc1nc(NC(=O)NCC2(CCO)CCCC2)sc1C. The molecule has 0 aromatic carbocycles. The summed E-state index contributed by atoms with van der Waals surface area (Å²) < 4.78 is 0. The van der Waals surface area contributed by atoms with Gasteiger partial charge in [-0.05, 0) is 38.5 Å². The summed E-state index contributed by atoms with van der Waals surface area (Å²) in [6.45, 7) is 4.74. The van der Waals surface area contributed by atoms with Crippen molar-refractivity contribution in [1.29, 1.82) is 0 Å². The lowest BCUT2D eigenvalue weighted by Crippen LogP contribution is -2.38. The van der Waals surface area contributed by atoms with Crippen LogP contribution in [0.5, 0.6) is 0 Å². The molecule has 112 valence electrons. The third-order valence-electron chi connectivity index (χ3n) is 4.18. The van der Waals surface area contributed by atoms with Crippen LogP contribution in [0.4, 0.5) is 9.93 Å². The van der Waals surface area contributed by atoms with E-state index < -0.39 is 0 Å². The second kappa shape index (κ2) is 6.54. The van der Waals surface area contributed by atoms with Crippen LogP contribution < -0.4 is 10.6 Å². The Kier molecular flexibility index (Phi) is 4.99. The van der Waals surface area contributed by atoms with E-state index in [1.165, 1.54) is 24.2 Å². The number of carbonyl (C=O) groups excluding carboxylic acids is 1. The quantitative estimate of drug-likeness (QED) is 0.782. The number of aromatic nitrogens is 1. The first-order chi connectivity index (χ1) is 9.54. The summed E-state index contributed by atoms with van der Waals surface area (Å²) in [6.07, 6.45) is 5.32. The van der Waals surface area contributed by atoms with Gasteiger partial charge in [0.25, 0.3) is 0 Å². The predicted molar refractivity (Wildman–Crippen MR) is 81.2 cm³/mol. The fourth-order valence-corrected chi connectivity index (χ4v) is 3.62. The molecule has 2 amide bonds. The van der Waals surface area contributed by atoms with E-state index in [0.717, 1.165) is 29.8 Å². The zero-order chi connectivity index (χ0) is 14.6. The van der Waals surface area contributed by atoms with Crippen molar-refractivity contribution in [2.24, 2.45) is 5.41 Å². The Labute approximate surface area is 123 Å². The van der Waals surface area contributed by atoms with Crippen molar-refractivity contribution in [2.45, 2.75) is 46.0 Å². The molecular formula is C14H23N3O2S. The molecule has 0 saturated heterocycles. The predicted octanol–water partition coefficient (Wildman–Crippen LogP) is 2.82. The van der Waals surface area contributed by atoms with Crippen LogP contribution in [0.1, 0.15) is 42.7 Å². The molecule has 1 aliphatic rings. The number of aryl methyl sites for hydroxylation is 2. The smallest absolute Gasteiger partial charge is 0.321 e. The monoisotopic (exact) mass is 297 g/mol. The van der Waals surface area contributed by atoms with E-state index in [9.17, 15) is 9.90 Å². The molecule has 0 bridgehead atoms. The zero-order valence-corrected chi connectivity index (χ0v) is 13.0. The van der Waals surface area contributed by atoms with Crippen molar-refractivity contribution in [2.75, 3.05) is 18.5 Å². The number of rotatable bonds is 5. The standard InChI is InChI=1S/C14H23N3O2S/c1-10-11(2)20-13(16-10)17-12(19)15-9-14(7-8-18)5-3-4-6-14/h18H,3-9H2,1-2H3,(H2,15,16,17,19). The molecule has 6 heteroatoms. The number of hydrogen-bond donors (Lipinski definition) is 3. The summed E-state index contributed by atoms with van der Waals surface area (Å²) in [5.41, 5.74) is 1.04. The first kappa shape index (κ1) is 15.3. The first-order valence-electron chi connectivity index (χ1n) is 7.14. The molecule has 0 radical (unpaired) electrons. The second-order valence-corrected chi connectivity index (χ2v) is 6.85. The number of amides is 2. The van der Waals surface area contributed by atoms with Crippen molar-refractivity contribution < 1.29 is 9.90 Å². The number of nitrogens with one attached hydrogen (secondary N) is 2. The summed E-state index contributed by atoms with van der Waals surface area (Å²) in [4.78, 5) is 17.3. The summed E-state index contributed by atoms with van der Waals surface area (Å²) in [6, 6.07) is -0.206. The Bertz CT molecular complexity index is 447. The third kappa shape index (κ3) is 3.70. The average molecular weight is 297 g/mol. The zero-order valence-electron chi connectivity index (χ0n) is 12.2. The highest BCUT2D eigenvalue weighted by atomic mass is 32.1. The molecule has 1 saturated carbocycles. The van der Waals surface area contributed by atoms with E-state index in [1.807, 2.05) is 13.8 Å². The van der Waals surface area contributed by atoms with E-state index in [2.05, 4.69) is 15.6 Å². The fraction of sp³-hybridized carbons (Fsp3) is 0.714. The number of nitrogens with zero attached hydrogens (tertiary/aromatic N) is 1. The van der Waals surface area contributed by atoms with Gasteiger partial charge >= 0.3 is 6.03 Å². The lowest BCUT2D eigenvalue weighted by atomic mass is 9.83. The van der Waals surface area contributed by atoms with Gasteiger partial charge in [0.1, 0.15) is 0 Å². The number of aliphatic hydroxyl groups is 1. The van der Waals surface area contributed by atoms with Gasteiger partial charge in [-0.25, -0.2) is 9.78 Å². The summed E-state index contributed by atoms with van der Waals surface area (Å²) in [7, 11) is 0. The minimum Gasteiger partial charge on any atom is -0.396 e. The molecular weight excluding hydrogens is 274 g/mol. The number of anilines is 1. The molecule has 20 heavy (non-hydrogen) atoms. The Balaban J connectivity index is 1.85.